The molecule has 0 aromatic heterocycles. The third-order valence-corrected chi connectivity index (χ3v) is 9.14. The molecule has 2 amide bonds. The lowest BCUT2D eigenvalue weighted by atomic mass is 10.1. The van der Waals surface area contributed by atoms with Crippen LogP contribution in [0.3, 0.4) is 0 Å². The van der Waals surface area contributed by atoms with Gasteiger partial charge >= 0.3 is 0 Å². The van der Waals surface area contributed by atoms with Gasteiger partial charge in [-0.2, -0.15) is 0 Å². The van der Waals surface area contributed by atoms with Crippen LogP contribution in [0, 0.1) is 12.7 Å². The molecular weight excluding hydrogens is 529 g/mol. The molecule has 4 rings (SSSR count). The average molecular weight is 566 g/mol. The third kappa shape index (κ3) is 7.27. The van der Waals surface area contributed by atoms with E-state index in [9.17, 15) is 22.4 Å². The number of hydrogen-bond acceptors (Lipinski definition) is 4. The Kier molecular flexibility index (Phi) is 9.58. The summed E-state index contributed by atoms with van der Waals surface area (Å²) in [5, 5.41) is 3.06. The number of anilines is 1. The van der Waals surface area contributed by atoms with Crippen molar-refractivity contribution in [1.29, 1.82) is 0 Å². The van der Waals surface area contributed by atoms with E-state index in [1.165, 1.54) is 17.0 Å². The lowest BCUT2D eigenvalue weighted by molar-refractivity contribution is -0.139. The molecule has 3 aromatic carbocycles. The molecule has 7 nitrogen and oxygen atoms in total. The highest BCUT2D eigenvalue weighted by atomic mass is 32.2. The molecule has 0 saturated heterocycles. The summed E-state index contributed by atoms with van der Waals surface area (Å²) in [7, 11) is -4.23. The molecule has 0 bridgehead atoms. The predicted octanol–water partition coefficient (Wildman–Crippen LogP) is 4.85. The quantitative estimate of drug-likeness (QED) is 0.360. The van der Waals surface area contributed by atoms with Gasteiger partial charge in [0.25, 0.3) is 10.0 Å². The number of carbonyl (C=O) groups is 2. The fourth-order valence-corrected chi connectivity index (χ4v) is 6.35. The Balaban J connectivity index is 1.63. The fourth-order valence-electron chi connectivity index (χ4n) is 4.94. The van der Waals surface area contributed by atoms with E-state index in [0.29, 0.717) is 12.1 Å². The molecule has 1 fully saturated rings. The normalized spacial score (nSPS) is 14.5. The van der Waals surface area contributed by atoms with Gasteiger partial charge in [0.15, 0.2) is 0 Å². The van der Waals surface area contributed by atoms with Crippen LogP contribution >= 0.6 is 0 Å². The summed E-state index contributed by atoms with van der Waals surface area (Å²) in [5.74, 6) is -1.32. The van der Waals surface area contributed by atoms with Crippen LogP contribution in [-0.2, 0) is 26.0 Å². The standard InChI is InChI=1S/C31H36FN3O4S/c1-23-12-16-28(17-13-23)35(40(38,39)29-18-14-26(32)15-19-29)22-30(36)34(21-20-25-8-4-3-5-9-25)24(2)31(37)33-27-10-6-7-11-27/h3-5,8-9,12-19,24,27H,6-7,10-11,20-22H2,1-2H3,(H,33,37). The summed E-state index contributed by atoms with van der Waals surface area (Å²) in [5.41, 5.74) is 2.23. The van der Waals surface area contributed by atoms with Crippen molar-refractivity contribution in [2.75, 3.05) is 17.4 Å². The molecule has 0 radical (unpaired) electrons. The summed E-state index contributed by atoms with van der Waals surface area (Å²) >= 11 is 0. The second-order valence-corrected chi connectivity index (χ2v) is 12.2. The second kappa shape index (κ2) is 13.1. The lowest BCUT2D eigenvalue weighted by Gasteiger charge is -2.32. The fraction of sp³-hybridized carbons (Fsp3) is 0.355. The first-order valence-electron chi connectivity index (χ1n) is 13.6. The molecule has 1 unspecified atom stereocenters. The van der Waals surface area contributed by atoms with Crippen molar-refractivity contribution in [1.82, 2.24) is 10.2 Å². The molecule has 9 heteroatoms. The number of nitrogens with zero attached hydrogens (tertiary/aromatic N) is 2. The van der Waals surface area contributed by atoms with Crippen LogP contribution in [0.4, 0.5) is 10.1 Å². The highest BCUT2D eigenvalue weighted by molar-refractivity contribution is 7.92. The van der Waals surface area contributed by atoms with E-state index in [-0.39, 0.29) is 23.4 Å². The Hall–Kier alpha value is -3.72. The molecule has 3 aromatic rings. The molecular formula is C31H36FN3O4S. The summed E-state index contributed by atoms with van der Waals surface area (Å²) < 4.78 is 42.1. The first-order chi connectivity index (χ1) is 19.1. The molecule has 1 aliphatic carbocycles. The van der Waals surface area contributed by atoms with E-state index in [0.717, 1.165) is 53.2 Å². The van der Waals surface area contributed by atoms with Gasteiger partial charge in [-0.3, -0.25) is 13.9 Å². The number of amides is 2. The average Bonchev–Trinajstić information content (AvgIpc) is 3.46. The van der Waals surface area contributed by atoms with E-state index >= 15 is 0 Å². The van der Waals surface area contributed by atoms with Crippen molar-refractivity contribution in [3.63, 3.8) is 0 Å². The number of nitrogens with one attached hydrogen (secondary N) is 1. The number of aryl methyl sites for hydroxylation is 1. The maximum atomic E-state index is 13.9. The van der Waals surface area contributed by atoms with Crippen molar-refractivity contribution in [2.24, 2.45) is 0 Å². The van der Waals surface area contributed by atoms with Crippen LogP contribution in [0.25, 0.3) is 0 Å². The van der Waals surface area contributed by atoms with Crippen LogP contribution in [-0.4, -0.2) is 50.3 Å². The summed E-state index contributed by atoms with van der Waals surface area (Å²) in [6.45, 7) is 3.28. The van der Waals surface area contributed by atoms with Gasteiger partial charge in [0.1, 0.15) is 18.4 Å². The maximum absolute atomic E-state index is 13.9. The van der Waals surface area contributed by atoms with Crippen molar-refractivity contribution in [3.8, 4) is 0 Å². The number of hydrogen-bond donors (Lipinski definition) is 1. The number of carbonyl (C=O) groups excluding carboxylic acids is 2. The molecule has 40 heavy (non-hydrogen) atoms. The molecule has 1 atom stereocenters. The topological polar surface area (TPSA) is 86.8 Å². The number of rotatable bonds is 11. The molecule has 212 valence electrons. The Labute approximate surface area is 236 Å². The van der Waals surface area contributed by atoms with Crippen LogP contribution in [0.1, 0.15) is 43.7 Å². The zero-order chi connectivity index (χ0) is 28.7. The molecule has 0 spiro atoms. The van der Waals surface area contributed by atoms with E-state index in [1.807, 2.05) is 37.3 Å². The number of benzene rings is 3. The van der Waals surface area contributed by atoms with Crippen molar-refractivity contribution in [2.45, 2.75) is 62.9 Å². The van der Waals surface area contributed by atoms with Gasteiger partial charge in [0.05, 0.1) is 10.6 Å². The molecule has 1 N–H and O–H groups in total. The van der Waals surface area contributed by atoms with Crippen molar-refractivity contribution >= 4 is 27.5 Å². The van der Waals surface area contributed by atoms with Gasteiger partial charge in [0, 0.05) is 12.6 Å². The number of sulfonamides is 1. The molecule has 1 saturated carbocycles. The molecule has 0 aliphatic heterocycles. The van der Waals surface area contributed by atoms with Crippen LogP contribution < -0.4 is 9.62 Å². The first-order valence-corrected chi connectivity index (χ1v) is 15.1. The van der Waals surface area contributed by atoms with E-state index in [4.69, 9.17) is 0 Å². The maximum Gasteiger partial charge on any atom is 0.264 e. The smallest absolute Gasteiger partial charge is 0.264 e. The van der Waals surface area contributed by atoms with Gasteiger partial charge < -0.3 is 10.2 Å². The highest BCUT2D eigenvalue weighted by Crippen LogP contribution is 2.25. The Morgan fingerprint density at radius 1 is 0.950 bits per heavy atom. The van der Waals surface area contributed by atoms with Gasteiger partial charge in [-0.25, -0.2) is 12.8 Å². The van der Waals surface area contributed by atoms with Gasteiger partial charge in [-0.15, -0.1) is 0 Å². The zero-order valence-electron chi connectivity index (χ0n) is 22.9. The van der Waals surface area contributed by atoms with Crippen LogP contribution in [0.15, 0.2) is 83.8 Å². The summed E-state index contributed by atoms with van der Waals surface area (Å²) in [6.07, 6.45) is 4.44. The molecule has 0 heterocycles. The zero-order valence-corrected chi connectivity index (χ0v) is 23.7. The predicted molar refractivity (Wildman–Crippen MR) is 154 cm³/mol. The Morgan fingerprint density at radius 2 is 1.57 bits per heavy atom. The van der Waals surface area contributed by atoms with Gasteiger partial charge in [0.2, 0.25) is 11.8 Å². The van der Waals surface area contributed by atoms with E-state index in [1.54, 1.807) is 31.2 Å². The first kappa shape index (κ1) is 29.3. The highest BCUT2D eigenvalue weighted by Gasteiger charge is 2.33. The summed E-state index contributed by atoms with van der Waals surface area (Å²) in [6, 6.07) is 20.2. The second-order valence-electron chi connectivity index (χ2n) is 10.3. The minimum atomic E-state index is -4.23. The summed E-state index contributed by atoms with van der Waals surface area (Å²) in [4.78, 5) is 28.5. The van der Waals surface area contributed by atoms with Crippen molar-refractivity contribution < 1.29 is 22.4 Å². The molecule has 1 aliphatic rings. The van der Waals surface area contributed by atoms with Crippen LogP contribution in [0.2, 0.25) is 0 Å². The Bertz CT molecular complexity index is 1390. The monoisotopic (exact) mass is 565 g/mol. The SMILES string of the molecule is Cc1ccc(N(CC(=O)N(CCc2ccccc2)C(C)C(=O)NC2CCCC2)S(=O)(=O)c2ccc(F)cc2)cc1. The van der Waals surface area contributed by atoms with E-state index < -0.39 is 34.3 Å². The third-order valence-electron chi connectivity index (χ3n) is 7.36. The van der Waals surface area contributed by atoms with Gasteiger partial charge in [-0.1, -0.05) is 60.9 Å². The van der Waals surface area contributed by atoms with Crippen LogP contribution in [0.5, 0.6) is 0 Å². The largest absolute Gasteiger partial charge is 0.352 e. The van der Waals surface area contributed by atoms with E-state index in [2.05, 4.69) is 5.32 Å². The Morgan fingerprint density at radius 3 is 2.20 bits per heavy atom. The minimum absolute atomic E-state index is 0.0870. The minimum Gasteiger partial charge on any atom is -0.352 e. The van der Waals surface area contributed by atoms with Gasteiger partial charge in [-0.05, 0) is 75.1 Å². The number of halogens is 1. The van der Waals surface area contributed by atoms with Crippen molar-refractivity contribution in [3.05, 3.63) is 95.8 Å². The lowest BCUT2D eigenvalue weighted by Crippen LogP contribution is -2.53.